The topological polar surface area (TPSA) is 78.5 Å². The van der Waals surface area contributed by atoms with Crippen LogP contribution in [0.15, 0.2) is 24.3 Å². The van der Waals surface area contributed by atoms with Crippen molar-refractivity contribution < 1.29 is 14.4 Å². The van der Waals surface area contributed by atoms with Crippen molar-refractivity contribution in [1.29, 1.82) is 0 Å². The van der Waals surface area contributed by atoms with E-state index in [1.165, 1.54) is 11.3 Å². The van der Waals surface area contributed by atoms with Crippen LogP contribution in [0.3, 0.4) is 0 Å². The highest BCUT2D eigenvalue weighted by atomic mass is 32.1. The first kappa shape index (κ1) is 22.0. The normalized spacial score (nSPS) is 14.0. The van der Waals surface area contributed by atoms with E-state index in [-0.39, 0.29) is 17.7 Å². The number of thiophene rings is 1. The van der Waals surface area contributed by atoms with E-state index >= 15 is 0 Å². The lowest BCUT2D eigenvalue weighted by Gasteiger charge is -2.18. The molecule has 160 valence electrons. The molecule has 30 heavy (non-hydrogen) atoms. The average Bonchev–Trinajstić information content (AvgIpc) is 3.32. The predicted molar refractivity (Wildman–Crippen MR) is 121 cm³/mol. The average molecular weight is 428 g/mol. The molecular weight excluding hydrogens is 398 g/mol. The SMILES string of the molecule is Cc1cc(NC(=O)C(C)(C)C)sc1C(=O)Nc1cccc(C(=O)N2CCCC2)c1C. The van der Waals surface area contributed by atoms with Crippen molar-refractivity contribution in [1.82, 2.24) is 4.90 Å². The molecule has 0 radical (unpaired) electrons. The van der Waals surface area contributed by atoms with Crippen LogP contribution in [0.2, 0.25) is 0 Å². The number of likely N-dealkylation sites (tertiary alicyclic amines) is 1. The van der Waals surface area contributed by atoms with Crippen molar-refractivity contribution >= 4 is 39.7 Å². The van der Waals surface area contributed by atoms with E-state index in [2.05, 4.69) is 10.6 Å². The van der Waals surface area contributed by atoms with Gasteiger partial charge in [-0.3, -0.25) is 14.4 Å². The highest BCUT2D eigenvalue weighted by molar-refractivity contribution is 7.18. The molecule has 1 aromatic heterocycles. The van der Waals surface area contributed by atoms with Crippen molar-refractivity contribution in [2.45, 2.75) is 47.5 Å². The molecule has 0 unspecified atom stereocenters. The van der Waals surface area contributed by atoms with Gasteiger partial charge in [-0.15, -0.1) is 11.3 Å². The Morgan fingerprint density at radius 1 is 1.03 bits per heavy atom. The van der Waals surface area contributed by atoms with Crippen LogP contribution in [0.5, 0.6) is 0 Å². The lowest BCUT2D eigenvalue weighted by Crippen LogP contribution is -2.28. The number of anilines is 2. The standard InChI is InChI=1S/C23H29N3O3S/c1-14-13-18(25-22(29)23(3,4)5)30-19(14)20(27)24-17-10-8-9-16(15(17)2)21(28)26-11-6-7-12-26/h8-10,13H,6-7,11-12H2,1-5H3,(H,24,27)(H,25,29). The summed E-state index contributed by atoms with van der Waals surface area (Å²) in [4.78, 5) is 40.3. The first-order chi connectivity index (χ1) is 14.1. The fraction of sp³-hybridized carbons (Fsp3) is 0.435. The molecule has 0 saturated carbocycles. The Morgan fingerprint density at radius 3 is 2.33 bits per heavy atom. The molecule has 1 aliphatic rings. The summed E-state index contributed by atoms with van der Waals surface area (Å²) < 4.78 is 0. The van der Waals surface area contributed by atoms with Crippen molar-refractivity contribution in [3.8, 4) is 0 Å². The summed E-state index contributed by atoms with van der Waals surface area (Å²) >= 11 is 1.25. The largest absolute Gasteiger partial charge is 0.339 e. The summed E-state index contributed by atoms with van der Waals surface area (Å²) in [6.07, 6.45) is 2.07. The van der Waals surface area contributed by atoms with Gasteiger partial charge < -0.3 is 15.5 Å². The highest BCUT2D eigenvalue weighted by Gasteiger charge is 2.24. The van der Waals surface area contributed by atoms with Crippen LogP contribution in [0.25, 0.3) is 0 Å². The van der Waals surface area contributed by atoms with Gasteiger partial charge in [0.15, 0.2) is 0 Å². The van der Waals surface area contributed by atoms with E-state index < -0.39 is 5.41 Å². The fourth-order valence-corrected chi connectivity index (χ4v) is 4.30. The Morgan fingerprint density at radius 2 is 1.70 bits per heavy atom. The van der Waals surface area contributed by atoms with Crippen molar-refractivity contribution in [2.75, 3.05) is 23.7 Å². The molecule has 0 atom stereocenters. The molecule has 2 heterocycles. The first-order valence-corrected chi connectivity index (χ1v) is 11.0. The maximum atomic E-state index is 12.9. The smallest absolute Gasteiger partial charge is 0.266 e. The predicted octanol–water partition coefficient (Wildman–Crippen LogP) is 4.84. The number of nitrogens with zero attached hydrogens (tertiary/aromatic N) is 1. The van der Waals surface area contributed by atoms with E-state index in [1.54, 1.807) is 12.1 Å². The van der Waals surface area contributed by atoms with Crippen LogP contribution in [0.4, 0.5) is 10.7 Å². The number of nitrogens with one attached hydrogen (secondary N) is 2. The van der Waals surface area contributed by atoms with Gasteiger partial charge in [0.2, 0.25) is 5.91 Å². The lowest BCUT2D eigenvalue weighted by molar-refractivity contribution is -0.123. The van der Waals surface area contributed by atoms with Crippen LogP contribution in [0.1, 0.15) is 64.8 Å². The van der Waals surface area contributed by atoms with Crippen molar-refractivity contribution in [2.24, 2.45) is 5.41 Å². The summed E-state index contributed by atoms with van der Waals surface area (Å²) in [6.45, 7) is 10.8. The molecule has 1 fully saturated rings. The van der Waals surface area contributed by atoms with Gasteiger partial charge in [0.1, 0.15) is 0 Å². The maximum Gasteiger partial charge on any atom is 0.266 e. The summed E-state index contributed by atoms with van der Waals surface area (Å²) in [5.41, 5.74) is 2.29. The fourth-order valence-electron chi connectivity index (χ4n) is 3.34. The number of rotatable bonds is 4. The minimum atomic E-state index is -0.514. The van der Waals surface area contributed by atoms with E-state index in [1.807, 2.05) is 51.7 Å². The third-order valence-corrected chi connectivity index (χ3v) is 6.40. The number of carbonyl (C=O) groups excluding carboxylic acids is 3. The van der Waals surface area contributed by atoms with E-state index in [0.29, 0.717) is 21.1 Å². The number of hydrogen-bond donors (Lipinski definition) is 2. The molecule has 0 bridgehead atoms. The van der Waals surface area contributed by atoms with E-state index in [0.717, 1.165) is 37.1 Å². The zero-order valence-corrected chi connectivity index (χ0v) is 19.0. The van der Waals surface area contributed by atoms with E-state index in [9.17, 15) is 14.4 Å². The zero-order valence-electron chi connectivity index (χ0n) is 18.2. The van der Waals surface area contributed by atoms with Gasteiger partial charge in [0, 0.05) is 29.8 Å². The molecule has 2 aromatic rings. The summed E-state index contributed by atoms with van der Waals surface area (Å²) in [7, 11) is 0. The molecule has 2 N–H and O–H groups in total. The second-order valence-electron chi connectivity index (χ2n) is 8.76. The molecule has 7 heteroatoms. The van der Waals surface area contributed by atoms with Gasteiger partial charge in [-0.1, -0.05) is 26.8 Å². The van der Waals surface area contributed by atoms with Gasteiger partial charge in [0.05, 0.1) is 9.88 Å². The minimum Gasteiger partial charge on any atom is -0.339 e. The molecule has 1 aliphatic heterocycles. The maximum absolute atomic E-state index is 12.9. The zero-order chi connectivity index (χ0) is 22.1. The summed E-state index contributed by atoms with van der Waals surface area (Å²) in [5.74, 6) is -0.331. The molecule has 3 rings (SSSR count). The molecule has 0 aliphatic carbocycles. The highest BCUT2D eigenvalue weighted by Crippen LogP contribution is 2.30. The third kappa shape index (κ3) is 4.73. The molecule has 6 nitrogen and oxygen atoms in total. The quantitative estimate of drug-likeness (QED) is 0.733. The van der Waals surface area contributed by atoms with Gasteiger partial charge in [0.25, 0.3) is 11.8 Å². The minimum absolute atomic E-state index is 0.0144. The molecule has 1 aromatic carbocycles. The van der Waals surface area contributed by atoms with Gasteiger partial charge in [-0.05, 0) is 56.0 Å². The number of benzene rings is 1. The summed E-state index contributed by atoms with van der Waals surface area (Å²) in [6, 6.07) is 7.22. The number of amides is 3. The van der Waals surface area contributed by atoms with Gasteiger partial charge >= 0.3 is 0 Å². The monoisotopic (exact) mass is 427 g/mol. The van der Waals surface area contributed by atoms with Gasteiger partial charge in [-0.2, -0.15) is 0 Å². The number of aryl methyl sites for hydroxylation is 1. The van der Waals surface area contributed by atoms with Crippen LogP contribution >= 0.6 is 11.3 Å². The summed E-state index contributed by atoms with van der Waals surface area (Å²) in [5, 5.41) is 6.46. The van der Waals surface area contributed by atoms with Crippen LogP contribution in [0, 0.1) is 19.3 Å². The Hall–Kier alpha value is -2.67. The molecular formula is C23H29N3O3S. The number of carbonyl (C=O) groups is 3. The van der Waals surface area contributed by atoms with E-state index in [4.69, 9.17) is 0 Å². The second kappa shape index (κ2) is 8.60. The Balaban J connectivity index is 1.77. The Bertz CT molecular complexity index is 982. The van der Waals surface area contributed by atoms with Crippen molar-refractivity contribution in [3.05, 3.63) is 45.8 Å². The van der Waals surface area contributed by atoms with Crippen LogP contribution in [-0.4, -0.2) is 35.7 Å². The lowest BCUT2D eigenvalue weighted by atomic mass is 9.96. The Kier molecular flexibility index (Phi) is 6.31. The van der Waals surface area contributed by atoms with Crippen LogP contribution in [-0.2, 0) is 4.79 Å². The molecule has 3 amide bonds. The molecule has 1 saturated heterocycles. The first-order valence-electron chi connectivity index (χ1n) is 10.2. The molecule has 0 spiro atoms. The second-order valence-corrected chi connectivity index (χ2v) is 9.81. The number of hydrogen-bond acceptors (Lipinski definition) is 4. The third-order valence-electron chi connectivity index (χ3n) is 5.25. The van der Waals surface area contributed by atoms with Crippen LogP contribution < -0.4 is 10.6 Å². The van der Waals surface area contributed by atoms with Gasteiger partial charge in [-0.25, -0.2) is 0 Å². The van der Waals surface area contributed by atoms with Crippen molar-refractivity contribution in [3.63, 3.8) is 0 Å². The Labute approximate surface area is 181 Å².